The first-order valence-corrected chi connectivity index (χ1v) is 10.7. The Morgan fingerprint density at radius 2 is 2.14 bits per heavy atom. The Morgan fingerprint density at radius 3 is 2.93 bits per heavy atom. The summed E-state index contributed by atoms with van der Waals surface area (Å²) in [6.45, 7) is 2.82. The zero-order chi connectivity index (χ0) is 19.8. The molecular weight excluding hydrogens is 418 g/mol. The third kappa shape index (κ3) is 3.36. The molecule has 1 amide bonds. The molecule has 0 unspecified atom stereocenters. The molecule has 3 heterocycles. The van der Waals surface area contributed by atoms with Crippen molar-refractivity contribution in [2.24, 2.45) is 0 Å². The number of benzene rings is 1. The van der Waals surface area contributed by atoms with Gasteiger partial charge in [0.05, 0.1) is 33.0 Å². The summed E-state index contributed by atoms with van der Waals surface area (Å²) in [4.78, 5) is 35.1. The molecule has 3 aromatic rings. The fraction of sp³-hybridized carbons (Fsp3) is 0.263. The molecule has 0 spiro atoms. The van der Waals surface area contributed by atoms with Crippen molar-refractivity contribution in [3.8, 4) is 0 Å². The molecule has 1 aromatic carbocycles. The van der Waals surface area contributed by atoms with E-state index in [0.717, 1.165) is 31.9 Å². The van der Waals surface area contributed by atoms with Crippen molar-refractivity contribution < 1.29 is 14.3 Å². The van der Waals surface area contributed by atoms with Crippen LogP contribution in [-0.4, -0.2) is 39.6 Å². The summed E-state index contributed by atoms with van der Waals surface area (Å²) < 4.78 is 6.44. The average molecular weight is 434 g/mol. The lowest BCUT2D eigenvalue weighted by atomic mass is 10.0. The summed E-state index contributed by atoms with van der Waals surface area (Å²) in [5.41, 5.74) is 4.12. The number of carbonyl (C=O) groups is 2. The Balaban J connectivity index is 1.49. The molecule has 4 rings (SSSR count). The smallest absolute Gasteiger partial charge is 0.338 e. The highest BCUT2D eigenvalue weighted by atomic mass is 35.5. The largest absolute Gasteiger partial charge is 0.465 e. The zero-order valence-corrected chi connectivity index (χ0v) is 17.6. The number of fused-ring (bicyclic) bond motifs is 2. The van der Waals surface area contributed by atoms with Crippen LogP contribution in [0.4, 0.5) is 0 Å². The third-order valence-electron chi connectivity index (χ3n) is 4.69. The van der Waals surface area contributed by atoms with Crippen molar-refractivity contribution in [3.05, 3.63) is 51.1 Å². The molecule has 0 aliphatic carbocycles. The van der Waals surface area contributed by atoms with Crippen LogP contribution in [0.2, 0.25) is 4.34 Å². The summed E-state index contributed by atoms with van der Waals surface area (Å²) in [6, 6.07) is 5.48. The number of hydrogen-bond donors (Lipinski definition) is 0. The normalized spacial score (nSPS) is 13.0. The van der Waals surface area contributed by atoms with Crippen LogP contribution in [0, 0.1) is 6.92 Å². The number of thiophene rings is 1. The highest BCUT2D eigenvalue weighted by molar-refractivity contribution is 8.00. The first-order valence-electron chi connectivity index (χ1n) is 8.49. The van der Waals surface area contributed by atoms with Crippen molar-refractivity contribution in [1.29, 1.82) is 0 Å². The van der Waals surface area contributed by atoms with E-state index in [2.05, 4.69) is 9.97 Å². The molecule has 6 nitrogen and oxygen atoms in total. The number of ether oxygens (including phenoxy) is 1. The number of aromatic nitrogens is 2. The summed E-state index contributed by atoms with van der Waals surface area (Å²) >= 11 is 9.03. The van der Waals surface area contributed by atoms with E-state index in [0.29, 0.717) is 23.0 Å². The van der Waals surface area contributed by atoms with Gasteiger partial charge in [0.15, 0.2) is 0 Å². The van der Waals surface area contributed by atoms with Crippen molar-refractivity contribution in [1.82, 2.24) is 14.9 Å². The third-order valence-corrected chi connectivity index (χ3v) is 7.38. The van der Waals surface area contributed by atoms with E-state index in [4.69, 9.17) is 16.3 Å². The van der Waals surface area contributed by atoms with Crippen LogP contribution in [0.15, 0.2) is 29.6 Å². The molecule has 9 heteroatoms. The SMILES string of the molecule is COC(=O)c1cccc2c1CN(C(=O)CSc1ncnc3c(C)c(Cl)sc13)C2. The van der Waals surface area contributed by atoms with Gasteiger partial charge in [0.25, 0.3) is 0 Å². The van der Waals surface area contributed by atoms with Crippen LogP contribution >= 0.6 is 34.7 Å². The van der Waals surface area contributed by atoms with E-state index in [1.165, 1.54) is 36.5 Å². The summed E-state index contributed by atoms with van der Waals surface area (Å²) in [7, 11) is 1.36. The lowest BCUT2D eigenvalue weighted by Crippen LogP contribution is -2.27. The van der Waals surface area contributed by atoms with Gasteiger partial charge in [0.1, 0.15) is 11.4 Å². The Morgan fingerprint density at radius 1 is 1.32 bits per heavy atom. The second-order valence-electron chi connectivity index (χ2n) is 6.33. The van der Waals surface area contributed by atoms with Crippen molar-refractivity contribution >= 4 is 56.8 Å². The van der Waals surface area contributed by atoms with E-state index in [-0.39, 0.29) is 17.6 Å². The second kappa shape index (κ2) is 7.69. The predicted molar refractivity (Wildman–Crippen MR) is 110 cm³/mol. The molecule has 0 fully saturated rings. The highest BCUT2D eigenvalue weighted by Gasteiger charge is 2.27. The molecule has 1 aliphatic heterocycles. The second-order valence-corrected chi connectivity index (χ2v) is 8.92. The molecule has 0 radical (unpaired) electrons. The number of carbonyl (C=O) groups excluding carboxylic acids is 2. The number of aryl methyl sites for hydroxylation is 1. The van der Waals surface area contributed by atoms with Gasteiger partial charge in [0, 0.05) is 18.7 Å². The molecule has 0 saturated heterocycles. The molecule has 144 valence electrons. The lowest BCUT2D eigenvalue weighted by Gasteiger charge is -2.15. The molecule has 0 atom stereocenters. The van der Waals surface area contributed by atoms with Crippen LogP contribution in [0.1, 0.15) is 27.0 Å². The van der Waals surface area contributed by atoms with Gasteiger partial charge in [0.2, 0.25) is 5.91 Å². The van der Waals surface area contributed by atoms with Gasteiger partial charge in [-0.25, -0.2) is 14.8 Å². The summed E-state index contributed by atoms with van der Waals surface area (Å²) in [5.74, 6) is -0.139. The first kappa shape index (κ1) is 19.2. The van der Waals surface area contributed by atoms with Crippen molar-refractivity contribution in [2.75, 3.05) is 12.9 Å². The maximum atomic E-state index is 12.8. The molecule has 0 saturated carbocycles. The van der Waals surface area contributed by atoms with Gasteiger partial charge in [-0.15, -0.1) is 11.3 Å². The zero-order valence-electron chi connectivity index (χ0n) is 15.2. The molecule has 0 bridgehead atoms. The Labute approximate surface area is 174 Å². The van der Waals surface area contributed by atoms with E-state index in [1.54, 1.807) is 11.0 Å². The minimum Gasteiger partial charge on any atom is -0.465 e. The number of thioether (sulfide) groups is 1. The summed E-state index contributed by atoms with van der Waals surface area (Å²) in [6.07, 6.45) is 1.50. The van der Waals surface area contributed by atoms with Gasteiger partial charge in [-0.3, -0.25) is 4.79 Å². The number of rotatable bonds is 4. The fourth-order valence-corrected chi connectivity index (χ4v) is 5.49. The number of amides is 1. The Hall–Kier alpha value is -2.16. The van der Waals surface area contributed by atoms with E-state index >= 15 is 0 Å². The number of methoxy groups -OCH3 is 1. The van der Waals surface area contributed by atoms with Crippen LogP contribution in [0.25, 0.3) is 10.2 Å². The van der Waals surface area contributed by atoms with Crippen LogP contribution < -0.4 is 0 Å². The molecule has 1 aliphatic rings. The summed E-state index contributed by atoms with van der Waals surface area (Å²) in [5, 5.41) is 0.755. The molecule has 28 heavy (non-hydrogen) atoms. The van der Waals surface area contributed by atoms with Gasteiger partial charge < -0.3 is 9.64 Å². The van der Waals surface area contributed by atoms with Crippen molar-refractivity contribution in [3.63, 3.8) is 0 Å². The van der Waals surface area contributed by atoms with Crippen LogP contribution in [0.3, 0.4) is 0 Å². The number of hydrogen-bond acceptors (Lipinski definition) is 7. The first-order chi connectivity index (χ1) is 13.5. The Bertz CT molecular complexity index is 1100. The topological polar surface area (TPSA) is 72.4 Å². The van der Waals surface area contributed by atoms with Gasteiger partial charge >= 0.3 is 5.97 Å². The van der Waals surface area contributed by atoms with Crippen molar-refractivity contribution in [2.45, 2.75) is 25.0 Å². The minimum atomic E-state index is -0.381. The number of nitrogens with zero attached hydrogens (tertiary/aromatic N) is 3. The molecular formula is C19H16ClN3O3S2. The Kier molecular flexibility index (Phi) is 5.27. The number of esters is 1. The standard InChI is InChI=1S/C19H16ClN3O3S2/c1-10-15-16(28-17(10)20)18(22-9-21-15)27-8-14(24)23-6-11-4-3-5-12(13(11)7-23)19(25)26-2/h3-5,9H,6-8H2,1-2H3. The average Bonchev–Trinajstić information content (AvgIpc) is 3.27. The monoisotopic (exact) mass is 433 g/mol. The van der Waals surface area contributed by atoms with Gasteiger partial charge in [-0.1, -0.05) is 35.5 Å². The van der Waals surface area contributed by atoms with E-state index in [9.17, 15) is 9.59 Å². The van der Waals surface area contributed by atoms with Gasteiger partial charge in [-0.05, 0) is 24.1 Å². The van der Waals surface area contributed by atoms with Crippen LogP contribution in [0.5, 0.6) is 0 Å². The minimum absolute atomic E-state index is 0.0110. The maximum Gasteiger partial charge on any atom is 0.338 e. The maximum absolute atomic E-state index is 12.8. The van der Waals surface area contributed by atoms with Gasteiger partial charge in [-0.2, -0.15) is 0 Å². The highest BCUT2D eigenvalue weighted by Crippen LogP contribution is 2.38. The quantitative estimate of drug-likeness (QED) is 0.351. The molecule has 2 aromatic heterocycles. The van der Waals surface area contributed by atoms with E-state index in [1.807, 2.05) is 19.1 Å². The predicted octanol–water partition coefficient (Wildman–Crippen LogP) is 4.07. The van der Waals surface area contributed by atoms with E-state index < -0.39 is 0 Å². The lowest BCUT2D eigenvalue weighted by molar-refractivity contribution is -0.128. The molecule has 0 N–H and O–H groups in total. The fourth-order valence-electron chi connectivity index (χ4n) is 3.20. The number of halogens is 1. The van der Waals surface area contributed by atoms with Crippen LogP contribution in [-0.2, 0) is 22.6 Å².